The van der Waals surface area contributed by atoms with Crippen molar-refractivity contribution in [3.05, 3.63) is 58.1 Å². The molecule has 2 aromatic carbocycles. The van der Waals surface area contributed by atoms with E-state index in [0.29, 0.717) is 17.2 Å². The molecular formula is C18H18N2O7. The van der Waals surface area contributed by atoms with Crippen LogP contribution in [0.2, 0.25) is 0 Å². The predicted octanol–water partition coefficient (Wildman–Crippen LogP) is 2.80. The summed E-state index contributed by atoms with van der Waals surface area (Å²) in [5.41, 5.74) is 0.0746. The summed E-state index contributed by atoms with van der Waals surface area (Å²) in [7, 11) is 2.93. The van der Waals surface area contributed by atoms with Crippen LogP contribution >= 0.6 is 0 Å². The minimum absolute atomic E-state index is 0.0252. The zero-order chi connectivity index (χ0) is 20.0. The number of nitrogens with zero attached hydrogens (tertiary/aromatic N) is 1. The highest BCUT2D eigenvalue weighted by Crippen LogP contribution is 2.29. The fourth-order valence-electron chi connectivity index (χ4n) is 2.17. The lowest BCUT2D eigenvalue weighted by molar-refractivity contribution is -0.384. The van der Waals surface area contributed by atoms with E-state index in [4.69, 9.17) is 14.2 Å². The van der Waals surface area contributed by atoms with Gasteiger partial charge in [0.15, 0.2) is 6.10 Å². The number of hydrogen-bond donors (Lipinski definition) is 1. The Kier molecular flexibility index (Phi) is 6.32. The molecule has 2 aromatic rings. The molecule has 2 rings (SSSR count). The minimum Gasteiger partial charge on any atom is -0.497 e. The number of hydrogen-bond acceptors (Lipinski definition) is 7. The van der Waals surface area contributed by atoms with Crippen molar-refractivity contribution in [3.63, 3.8) is 0 Å². The van der Waals surface area contributed by atoms with Crippen LogP contribution < -0.4 is 14.8 Å². The quantitative estimate of drug-likeness (QED) is 0.450. The zero-order valence-electron chi connectivity index (χ0n) is 14.9. The fraction of sp³-hybridized carbons (Fsp3) is 0.222. The van der Waals surface area contributed by atoms with Gasteiger partial charge in [0.2, 0.25) is 0 Å². The van der Waals surface area contributed by atoms with Gasteiger partial charge < -0.3 is 19.5 Å². The monoisotopic (exact) mass is 374 g/mol. The third-order valence-corrected chi connectivity index (χ3v) is 3.61. The number of nitrogens with one attached hydrogen (secondary N) is 1. The second-order valence-corrected chi connectivity index (χ2v) is 5.41. The molecule has 0 spiro atoms. The van der Waals surface area contributed by atoms with E-state index in [9.17, 15) is 19.7 Å². The van der Waals surface area contributed by atoms with E-state index in [1.165, 1.54) is 39.3 Å². The van der Waals surface area contributed by atoms with Crippen LogP contribution in [0.3, 0.4) is 0 Å². The number of ether oxygens (including phenoxy) is 3. The van der Waals surface area contributed by atoms with E-state index in [2.05, 4.69) is 5.32 Å². The second-order valence-electron chi connectivity index (χ2n) is 5.41. The average molecular weight is 374 g/mol. The number of benzene rings is 2. The summed E-state index contributed by atoms with van der Waals surface area (Å²) < 4.78 is 15.4. The van der Waals surface area contributed by atoms with Crippen LogP contribution in [-0.4, -0.2) is 37.1 Å². The zero-order valence-corrected chi connectivity index (χ0v) is 14.9. The van der Waals surface area contributed by atoms with E-state index < -0.39 is 22.9 Å². The molecule has 0 aliphatic heterocycles. The van der Waals surface area contributed by atoms with E-state index >= 15 is 0 Å². The number of anilines is 1. The molecule has 0 fully saturated rings. The van der Waals surface area contributed by atoms with Crippen molar-refractivity contribution in [2.45, 2.75) is 13.0 Å². The Balaban J connectivity index is 2.08. The highest BCUT2D eigenvalue weighted by atomic mass is 16.6. The Hall–Kier alpha value is -3.62. The van der Waals surface area contributed by atoms with Crippen LogP contribution in [0.5, 0.6) is 11.5 Å². The Bertz CT molecular complexity index is 867. The molecule has 0 saturated heterocycles. The number of rotatable bonds is 7. The molecule has 0 aromatic heterocycles. The molecule has 1 N–H and O–H groups in total. The smallest absolute Gasteiger partial charge is 0.339 e. The highest BCUT2D eigenvalue weighted by molar-refractivity contribution is 5.98. The Morgan fingerprint density at radius 2 is 1.85 bits per heavy atom. The standard InChI is InChI=1S/C18H18N2O7/c1-11(27-18(22)12-5-4-6-13(9-12)20(23)24)17(21)19-15-10-14(25-2)7-8-16(15)26-3/h4-11H,1-3H3,(H,19,21). The van der Waals surface area contributed by atoms with E-state index in [0.717, 1.165) is 6.07 Å². The summed E-state index contributed by atoms with van der Waals surface area (Å²) in [6, 6.07) is 9.91. The molecule has 1 atom stereocenters. The van der Waals surface area contributed by atoms with Gasteiger partial charge in [-0.2, -0.15) is 0 Å². The van der Waals surface area contributed by atoms with Crippen LogP contribution in [0, 0.1) is 10.1 Å². The van der Waals surface area contributed by atoms with E-state index in [1.54, 1.807) is 18.2 Å². The summed E-state index contributed by atoms with van der Waals surface area (Å²) >= 11 is 0. The molecule has 0 radical (unpaired) electrons. The van der Waals surface area contributed by atoms with Gasteiger partial charge in [-0.25, -0.2) is 4.79 Å². The van der Waals surface area contributed by atoms with E-state index in [-0.39, 0.29) is 11.3 Å². The SMILES string of the molecule is COc1ccc(OC)c(NC(=O)C(C)OC(=O)c2cccc([N+](=O)[O-])c2)c1. The van der Waals surface area contributed by atoms with Crippen LogP contribution in [-0.2, 0) is 9.53 Å². The molecule has 1 unspecified atom stereocenters. The summed E-state index contributed by atoms with van der Waals surface area (Å²) in [6.45, 7) is 1.39. The van der Waals surface area contributed by atoms with Gasteiger partial charge in [-0.05, 0) is 25.1 Å². The highest BCUT2D eigenvalue weighted by Gasteiger charge is 2.21. The van der Waals surface area contributed by atoms with Crippen molar-refractivity contribution in [2.75, 3.05) is 19.5 Å². The predicted molar refractivity (Wildman–Crippen MR) is 96.1 cm³/mol. The topological polar surface area (TPSA) is 117 Å². The number of carbonyl (C=O) groups is 2. The lowest BCUT2D eigenvalue weighted by Crippen LogP contribution is -2.30. The Morgan fingerprint density at radius 1 is 1.11 bits per heavy atom. The summed E-state index contributed by atoms with van der Waals surface area (Å²) in [5, 5.41) is 13.4. The summed E-state index contributed by atoms with van der Waals surface area (Å²) in [4.78, 5) is 34.6. The molecule has 0 heterocycles. The second kappa shape index (κ2) is 8.65. The minimum atomic E-state index is -1.15. The number of amides is 1. The molecule has 9 nitrogen and oxygen atoms in total. The van der Waals surface area contributed by atoms with Crippen LogP contribution in [0.4, 0.5) is 11.4 Å². The normalized spacial score (nSPS) is 11.2. The van der Waals surface area contributed by atoms with Crippen molar-refractivity contribution in [3.8, 4) is 11.5 Å². The summed E-state index contributed by atoms with van der Waals surface area (Å²) in [5.74, 6) is -0.534. The van der Waals surface area contributed by atoms with Crippen molar-refractivity contribution in [1.29, 1.82) is 0 Å². The molecule has 9 heteroatoms. The van der Waals surface area contributed by atoms with Crippen LogP contribution in [0.15, 0.2) is 42.5 Å². The maximum Gasteiger partial charge on any atom is 0.339 e. The summed E-state index contributed by atoms with van der Waals surface area (Å²) in [6.07, 6.45) is -1.15. The number of carbonyl (C=O) groups excluding carboxylic acids is 2. The Morgan fingerprint density at radius 3 is 2.48 bits per heavy atom. The molecule has 0 bridgehead atoms. The maximum absolute atomic E-state index is 12.3. The van der Waals surface area contributed by atoms with Gasteiger partial charge in [-0.3, -0.25) is 14.9 Å². The number of nitro groups is 1. The molecule has 0 aliphatic rings. The average Bonchev–Trinajstić information content (AvgIpc) is 2.67. The molecule has 1 amide bonds. The third kappa shape index (κ3) is 4.94. The first-order chi connectivity index (χ1) is 12.8. The van der Waals surface area contributed by atoms with Crippen molar-refractivity contribution < 1.29 is 28.7 Å². The van der Waals surface area contributed by atoms with Crippen molar-refractivity contribution in [2.24, 2.45) is 0 Å². The van der Waals surface area contributed by atoms with Crippen LogP contribution in [0.25, 0.3) is 0 Å². The lowest BCUT2D eigenvalue weighted by atomic mass is 10.2. The van der Waals surface area contributed by atoms with Gasteiger partial charge in [0, 0.05) is 18.2 Å². The number of non-ortho nitro benzene ring substituents is 1. The van der Waals surface area contributed by atoms with E-state index in [1.807, 2.05) is 0 Å². The fourth-order valence-corrected chi connectivity index (χ4v) is 2.17. The van der Waals surface area contributed by atoms with Gasteiger partial charge in [0.1, 0.15) is 11.5 Å². The largest absolute Gasteiger partial charge is 0.497 e. The lowest BCUT2D eigenvalue weighted by Gasteiger charge is -2.16. The van der Waals surface area contributed by atoms with Gasteiger partial charge in [-0.1, -0.05) is 6.07 Å². The van der Waals surface area contributed by atoms with Crippen molar-refractivity contribution >= 4 is 23.3 Å². The van der Waals surface area contributed by atoms with Gasteiger partial charge >= 0.3 is 5.97 Å². The molecule has 27 heavy (non-hydrogen) atoms. The first kappa shape index (κ1) is 19.7. The first-order valence-corrected chi connectivity index (χ1v) is 7.84. The van der Waals surface area contributed by atoms with Gasteiger partial charge in [-0.15, -0.1) is 0 Å². The van der Waals surface area contributed by atoms with Crippen molar-refractivity contribution in [1.82, 2.24) is 0 Å². The van der Waals surface area contributed by atoms with Gasteiger partial charge in [0.05, 0.1) is 30.4 Å². The Labute approximate surface area is 155 Å². The maximum atomic E-state index is 12.3. The molecular weight excluding hydrogens is 356 g/mol. The first-order valence-electron chi connectivity index (χ1n) is 7.84. The number of methoxy groups -OCH3 is 2. The number of nitro benzene ring substituents is 1. The molecule has 0 aliphatic carbocycles. The third-order valence-electron chi connectivity index (χ3n) is 3.61. The molecule has 0 saturated carbocycles. The number of esters is 1. The molecule has 142 valence electrons. The van der Waals surface area contributed by atoms with Gasteiger partial charge in [0.25, 0.3) is 11.6 Å². The van der Waals surface area contributed by atoms with Crippen LogP contribution in [0.1, 0.15) is 17.3 Å².